The number of carbonyl (C=O) groups excluding carboxylic acids is 2. The summed E-state index contributed by atoms with van der Waals surface area (Å²) in [6.45, 7) is 1.89. The van der Waals surface area contributed by atoms with E-state index < -0.39 is 5.91 Å². The number of aryl methyl sites for hydroxylation is 1. The van der Waals surface area contributed by atoms with Crippen LogP contribution in [-0.2, 0) is 0 Å². The van der Waals surface area contributed by atoms with Crippen molar-refractivity contribution in [3.8, 4) is 0 Å². The fraction of sp³-hybridized carbons (Fsp3) is 0.0625. The molecule has 7 heteroatoms. The lowest BCUT2D eigenvalue weighted by Crippen LogP contribution is -2.48. The van der Waals surface area contributed by atoms with Crippen molar-refractivity contribution >= 4 is 40.7 Å². The first kappa shape index (κ1) is 16.9. The Bertz CT molecular complexity index is 764. The minimum atomic E-state index is -0.456. The van der Waals surface area contributed by atoms with Crippen molar-refractivity contribution in [3.05, 3.63) is 70.2 Å². The number of amides is 2. The molecule has 0 aliphatic rings. The third-order valence-electron chi connectivity index (χ3n) is 2.92. The quantitative estimate of drug-likeness (QED) is 0.577. The fourth-order valence-electron chi connectivity index (χ4n) is 1.82. The number of thiocarbonyl (C=S) groups is 1. The molecule has 0 aliphatic heterocycles. The summed E-state index contributed by atoms with van der Waals surface area (Å²) < 4.78 is 0. The summed E-state index contributed by atoms with van der Waals surface area (Å²) in [4.78, 5) is 23.9. The molecule has 2 rings (SSSR count). The molecule has 118 valence electrons. The number of rotatable bonds is 2. The lowest BCUT2D eigenvalue weighted by atomic mass is 10.1. The molecule has 0 aromatic heterocycles. The molecule has 23 heavy (non-hydrogen) atoms. The first-order valence-electron chi connectivity index (χ1n) is 6.70. The van der Waals surface area contributed by atoms with Crippen LogP contribution in [0, 0.1) is 6.92 Å². The van der Waals surface area contributed by atoms with Crippen LogP contribution in [-0.4, -0.2) is 16.9 Å². The van der Waals surface area contributed by atoms with Crippen LogP contribution in [0.15, 0.2) is 48.5 Å². The minimum Gasteiger partial charge on any atom is -0.298 e. The van der Waals surface area contributed by atoms with Crippen molar-refractivity contribution < 1.29 is 9.59 Å². The highest BCUT2D eigenvalue weighted by atomic mass is 35.5. The van der Waals surface area contributed by atoms with Gasteiger partial charge in [0.2, 0.25) is 0 Å². The van der Waals surface area contributed by atoms with E-state index in [1.807, 2.05) is 13.0 Å². The molecule has 5 nitrogen and oxygen atoms in total. The number of nitrogens with one attached hydrogen (secondary N) is 3. The van der Waals surface area contributed by atoms with Gasteiger partial charge in [0.1, 0.15) is 0 Å². The molecule has 0 fully saturated rings. The monoisotopic (exact) mass is 347 g/mol. The van der Waals surface area contributed by atoms with Crippen molar-refractivity contribution in [2.24, 2.45) is 0 Å². The third-order valence-corrected chi connectivity index (χ3v) is 3.45. The molecule has 2 aromatic rings. The second kappa shape index (κ2) is 7.71. The summed E-state index contributed by atoms with van der Waals surface area (Å²) in [6, 6.07) is 13.7. The Kier molecular flexibility index (Phi) is 5.67. The van der Waals surface area contributed by atoms with Gasteiger partial charge < -0.3 is 0 Å². The SMILES string of the molecule is Cc1cccc(C(=O)NC(=S)NNC(=O)c2ccccc2Cl)c1. The summed E-state index contributed by atoms with van der Waals surface area (Å²) >= 11 is 10.9. The van der Waals surface area contributed by atoms with Crippen LogP contribution in [0.1, 0.15) is 26.3 Å². The second-order valence-electron chi connectivity index (χ2n) is 4.71. The van der Waals surface area contributed by atoms with Gasteiger partial charge in [-0.1, -0.05) is 41.4 Å². The van der Waals surface area contributed by atoms with E-state index in [1.54, 1.807) is 42.5 Å². The molecule has 0 bridgehead atoms. The molecule has 3 N–H and O–H groups in total. The number of carbonyl (C=O) groups is 2. The lowest BCUT2D eigenvalue weighted by Gasteiger charge is -2.11. The molecule has 0 aliphatic carbocycles. The van der Waals surface area contributed by atoms with E-state index in [2.05, 4.69) is 16.2 Å². The average molecular weight is 348 g/mol. The normalized spacial score (nSPS) is 9.83. The van der Waals surface area contributed by atoms with E-state index in [0.717, 1.165) is 5.56 Å². The number of hydrogen-bond acceptors (Lipinski definition) is 3. The molecule has 0 unspecified atom stereocenters. The molecule has 0 heterocycles. The van der Waals surface area contributed by atoms with Gasteiger partial charge >= 0.3 is 0 Å². The molecule has 0 spiro atoms. The average Bonchev–Trinajstić information content (AvgIpc) is 2.53. The van der Waals surface area contributed by atoms with Crippen molar-refractivity contribution in [3.63, 3.8) is 0 Å². The highest BCUT2D eigenvalue weighted by Gasteiger charge is 2.11. The van der Waals surface area contributed by atoms with E-state index in [4.69, 9.17) is 23.8 Å². The molecule has 0 saturated carbocycles. The maximum absolute atomic E-state index is 12.0. The van der Waals surface area contributed by atoms with Crippen molar-refractivity contribution in [1.29, 1.82) is 0 Å². The molecular weight excluding hydrogens is 334 g/mol. The Hall–Kier alpha value is -2.44. The number of hydrogen-bond donors (Lipinski definition) is 3. The van der Waals surface area contributed by atoms with Gasteiger partial charge in [0, 0.05) is 5.56 Å². The largest absolute Gasteiger partial charge is 0.298 e. The lowest BCUT2D eigenvalue weighted by molar-refractivity contribution is 0.0934. The zero-order valence-electron chi connectivity index (χ0n) is 12.2. The van der Waals surface area contributed by atoms with Crippen molar-refractivity contribution in [2.45, 2.75) is 6.92 Å². The Balaban J connectivity index is 1.89. The fourth-order valence-corrected chi connectivity index (χ4v) is 2.18. The summed E-state index contributed by atoms with van der Waals surface area (Å²) in [6.07, 6.45) is 0. The highest BCUT2D eigenvalue weighted by molar-refractivity contribution is 7.80. The molecule has 2 amide bonds. The van der Waals surface area contributed by atoms with Gasteiger partial charge in [-0.3, -0.25) is 25.8 Å². The van der Waals surface area contributed by atoms with Crippen molar-refractivity contribution in [1.82, 2.24) is 16.2 Å². The predicted octanol–water partition coefficient (Wildman–Crippen LogP) is 2.60. The Morgan fingerprint density at radius 1 is 1.00 bits per heavy atom. The van der Waals surface area contributed by atoms with Crippen LogP contribution in [0.2, 0.25) is 5.02 Å². The van der Waals surface area contributed by atoms with Crippen molar-refractivity contribution in [2.75, 3.05) is 0 Å². The van der Waals surface area contributed by atoms with Crippen LogP contribution < -0.4 is 16.2 Å². The smallest absolute Gasteiger partial charge is 0.271 e. The maximum Gasteiger partial charge on any atom is 0.271 e. The first-order valence-corrected chi connectivity index (χ1v) is 7.49. The van der Waals surface area contributed by atoms with Crippen LogP contribution in [0.3, 0.4) is 0 Å². The zero-order chi connectivity index (χ0) is 16.8. The zero-order valence-corrected chi connectivity index (χ0v) is 13.8. The van der Waals surface area contributed by atoms with Gasteiger partial charge in [0.05, 0.1) is 10.6 Å². The van der Waals surface area contributed by atoms with E-state index in [-0.39, 0.29) is 11.0 Å². The predicted molar refractivity (Wildman–Crippen MR) is 93.3 cm³/mol. The van der Waals surface area contributed by atoms with E-state index >= 15 is 0 Å². The molecule has 0 atom stereocenters. The van der Waals surface area contributed by atoms with Gasteiger partial charge in [-0.15, -0.1) is 0 Å². The Morgan fingerprint density at radius 3 is 2.43 bits per heavy atom. The van der Waals surface area contributed by atoms with Crippen LogP contribution in [0.5, 0.6) is 0 Å². The Labute approximate surface area is 144 Å². The van der Waals surface area contributed by atoms with Crippen LogP contribution in [0.25, 0.3) is 0 Å². The van der Waals surface area contributed by atoms with Gasteiger partial charge in [-0.05, 0) is 43.4 Å². The van der Waals surface area contributed by atoms with E-state index in [1.165, 1.54) is 0 Å². The topological polar surface area (TPSA) is 70.2 Å². The highest BCUT2D eigenvalue weighted by Crippen LogP contribution is 2.14. The summed E-state index contributed by atoms with van der Waals surface area (Å²) in [5, 5.41) is 2.78. The van der Waals surface area contributed by atoms with E-state index in [9.17, 15) is 9.59 Å². The first-order chi connectivity index (χ1) is 11.0. The van der Waals surface area contributed by atoms with Gasteiger partial charge in [0.25, 0.3) is 11.8 Å². The number of halogens is 1. The Morgan fingerprint density at radius 2 is 1.74 bits per heavy atom. The van der Waals surface area contributed by atoms with E-state index in [0.29, 0.717) is 16.1 Å². The van der Waals surface area contributed by atoms with Gasteiger partial charge in [-0.2, -0.15) is 0 Å². The maximum atomic E-state index is 12.0. The summed E-state index contributed by atoms with van der Waals surface area (Å²) in [7, 11) is 0. The second-order valence-corrected chi connectivity index (χ2v) is 5.53. The van der Waals surface area contributed by atoms with Crippen LogP contribution in [0.4, 0.5) is 0 Å². The molecule has 0 saturated heterocycles. The summed E-state index contributed by atoms with van der Waals surface area (Å²) in [5.41, 5.74) is 6.58. The van der Waals surface area contributed by atoms with Gasteiger partial charge in [-0.25, -0.2) is 0 Å². The standard InChI is InChI=1S/C16H14ClN3O2S/c1-10-5-4-6-11(9-10)14(21)18-16(23)20-19-15(22)12-7-2-3-8-13(12)17/h2-9H,1H3,(H,19,22)(H2,18,20,21,23). The molecular formula is C16H14ClN3O2S. The summed E-state index contributed by atoms with van der Waals surface area (Å²) in [5.74, 6) is -0.819. The number of benzene rings is 2. The third kappa shape index (κ3) is 4.77. The number of hydrazine groups is 1. The minimum absolute atomic E-state index is 0.0168. The molecule has 2 aromatic carbocycles. The van der Waals surface area contributed by atoms with Crippen LogP contribution >= 0.6 is 23.8 Å². The van der Waals surface area contributed by atoms with Gasteiger partial charge in [0.15, 0.2) is 5.11 Å². The molecule has 0 radical (unpaired) electrons.